The molecule has 0 radical (unpaired) electrons. The number of anilines is 2. The monoisotopic (exact) mass is 206 g/mol. The Morgan fingerprint density at radius 1 is 1.53 bits per heavy atom. The third-order valence-electron chi connectivity index (χ3n) is 2.96. The Morgan fingerprint density at radius 3 is 2.87 bits per heavy atom. The molecule has 0 saturated heterocycles. The van der Waals surface area contributed by atoms with Crippen LogP contribution in [0.4, 0.5) is 11.4 Å². The minimum atomic E-state index is -0.215. The van der Waals surface area contributed by atoms with Gasteiger partial charge in [0.2, 0.25) is 0 Å². The van der Waals surface area contributed by atoms with E-state index in [0.717, 1.165) is 16.9 Å². The lowest BCUT2D eigenvalue weighted by atomic mass is 10.1. The molecule has 0 amide bonds. The Kier molecular flexibility index (Phi) is 2.82. The largest absolute Gasteiger partial charge is 0.398 e. The number of hydrogen-bond donors (Lipinski definition) is 3. The lowest BCUT2D eigenvalue weighted by molar-refractivity contribution is 0.164. The fraction of sp³-hybridized carbons (Fsp3) is 0.500. The predicted octanol–water partition coefficient (Wildman–Crippen LogP) is 1.76. The number of aryl methyl sites for hydroxylation is 1. The Hall–Kier alpha value is -1.22. The van der Waals surface area contributed by atoms with Crippen molar-refractivity contribution in [2.75, 3.05) is 17.6 Å². The smallest absolute Gasteiger partial charge is 0.0740 e. The van der Waals surface area contributed by atoms with Gasteiger partial charge in [0.1, 0.15) is 0 Å². The van der Waals surface area contributed by atoms with Gasteiger partial charge >= 0.3 is 0 Å². The lowest BCUT2D eigenvalue weighted by Crippen LogP contribution is -2.21. The maximum atomic E-state index is 9.68. The van der Waals surface area contributed by atoms with E-state index in [9.17, 15) is 5.11 Å². The minimum absolute atomic E-state index is 0.215. The van der Waals surface area contributed by atoms with E-state index >= 15 is 0 Å². The van der Waals surface area contributed by atoms with Crippen molar-refractivity contribution in [2.24, 2.45) is 5.92 Å². The fourth-order valence-electron chi connectivity index (χ4n) is 1.62. The number of benzene rings is 1. The van der Waals surface area contributed by atoms with Gasteiger partial charge in [0.05, 0.1) is 6.10 Å². The van der Waals surface area contributed by atoms with Crippen molar-refractivity contribution in [2.45, 2.75) is 25.9 Å². The topological polar surface area (TPSA) is 58.3 Å². The van der Waals surface area contributed by atoms with Gasteiger partial charge in [0.25, 0.3) is 0 Å². The summed E-state index contributed by atoms with van der Waals surface area (Å²) in [7, 11) is 0. The van der Waals surface area contributed by atoms with Crippen LogP contribution in [0.5, 0.6) is 0 Å². The van der Waals surface area contributed by atoms with Gasteiger partial charge in [-0.2, -0.15) is 0 Å². The van der Waals surface area contributed by atoms with E-state index in [4.69, 9.17) is 5.73 Å². The zero-order chi connectivity index (χ0) is 10.8. The fourth-order valence-corrected chi connectivity index (χ4v) is 1.62. The van der Waals surface area contributed by atoms with Crippen LogP contribution in [0.25, 0.3) is 0 Å². The molecule has 0 aliphatic heterocycles. The first-order chi connectivity index (χ1) is 7.16. The molecule has 1 aliphatic rings. The van der Waals surface area contributed by atoms with Gasteiger partial charge in [-0.3, -0.25) is 0 Å². The molecule has 0 aromatic heterocycles. The summed E-state index contributed by atoms with van der Waals surface area (Å²) in [5, 5.41) is 12.9. The molecule has 1 unspecified atom stereocenters. The zero-order valence-corrected chi connectivity index (χ0v) is 9.03. The first kappa shape index (κ1) is 10.3. The summed E-state index contributed by atoms with van der Waals surface area (Å²) in [6.45, 7) is 2.60. The molecule has 1 atom stereocenters. The SMILES string of the molecule is Cc1ccc(NCC(O)C2CC2)cc1N. The molecule has 3 nitrogen and oxygen atoms in total. The van der Waals surface area contributed by atoms with Crippen molar-refractivity contribution < 1.29 is 5.11 Å². The molecular weight excluding hydrogens is 188 g/mol. The summed E-state index contributed by atoms with van der Waals surface area (Å²) in [6.07, 6.45) is 2.12. The zero-order valence-electron chi connectivity index (χ0n) is 9.03. The van der Waals surface area contributed by atoms with Crippen molar-refractivity contribution in [3.8, 4) is 0 Å². The van der Waals surface area contributed by atoms with Crippen LogP contribution in [-0.2, 0) is 0 Å². The van der Waals surface area contributed by atoms with Crippen LogP contribution in [0.15, 0.2) is 18.2 Å². The Balaban J connectivity index is 1.89. The first-order valence-corrected chi connectivity index (χ1v) is 5.45. The average Bonchev–Trinajstić information content (AvgIpc) is 3.03. The Labute approximate surface area is 90.3 Å². The van der Waals surface area contributed by atoms with Crippen molar-refractivity contribution in [3.63, 3.8) is 0 Å². The average molecular weight is 206 g/mol. The molecule has 2 rings (SSSR count). The number of nitrogens with one attached hydrogen (secondary N) is 1. The summed E-state index contributed by atoms with van der Waals surface area (Å²) in [4.78, 5) is 0. The lowest BCUT2D eigenvalue weighted by Gasteiger charge is -2.12. The van der Waals surface area contributed by atoms with Crippen molar-refractivity contribution >= 4 is 11.4 Å². The molecule has 1 saturated carbocycles. The highest BCUT2D eigenvalue weighted by molar-refractivity contribution is 5.58. The third kappa shape index (κ3) is 2.63. The van der Waals surface area contributed by atoms with Gasteiger partial charge < -0.3 is 16.2 Å². The molecule has 0 bridgehead atoms. The third-order valence-corrected chi connectivity index (χ3v) is 2.96. The van der Waals surface area contributed by atoms with Crippen LogP contribution in [-0.4, -0.2) is 17.8 Å². The van der Waals surface area contributed by atoms with Gasteiger partial charge in [-0.15, -0.1) is 0 Å². The highest BCUT2D eigenvalue weighted by atomic mass is 16.3. The molecule has 0 spiro atoms. The van der Waals surface area contributed by atoms with E-state index in [-0.39, 0.29) is 6.10 Å². The van der Waals surface area contributed by atoms with Crippen LogP contribution in [0.3, 0.4) is 0 Å². The number of rotatable bonds is 4. The Morgan fingerprint density at radius 2 is 2.27 bits per heavy atom. The minimum Gasteiger partial charge on any atom is -0.398 e. The molecule has 15 heavy (non-hydrogen) atoms. The van der Waals surface area contributed by atoms with Crippen LogP contribution >= 0.6 is 0 Å². The number of hydrogen-bond acceptors (Lipinski definition) is 3. The van der Waals surface area contributed by atoms with Gasteiger partial charge in [-0.1, -0.05) is 6.07 Å². The standard InChI is InChI=1S/C12H18N2O/c1-8-2-5-10(6-11(8)13)14-7-12(15)9-3-4-9/h2,5-6,9,12,14-15H,3-4,7,13H2,1H3. The van der Waals surface area contributed by atoms with E-state index in [1.54, 1.807) is 0 Å². The van der Waals surface area contributed by atoms with E-state index in [2.05, 4.69) is 5.32 Å². The van der Waals surface area contributed by atoms with Crippen LogP contribution in [0, 0.1) is 12.8 Å². The molecule has 1 aromatic carbocycles. The maximum absolute atomic E-state index is 9.68. The molecule has 1 aliphatic carbocycles. The van der Waals surface area contributed by atoms with Crippen LogP contribution in [0.2, 0.25) is 0 Å². The summed E-state index contributed by atoms with van der Waals surface area (Å²) < 4.78 is 0. The van der Waals surface area contributed by atoms with E-state index in [1.165, 1.54) is 12.8 Å². The summed E-state index contributed by atoms with van der Waals surface area (Å²) in [6, 6.07) is 5.89. The molecule has 0 heterocycles. The van der Waals surface area contributed by atoms with Gasteiger partial charge in [0, 0.05) is 17.9 Å². The molecule has 82 valence electrons. The molecular formula is C12H18N2O. The molecule has 1 aromatic rings. The maximum Gasteiger partial charge on any atom is 0.0740 e. The van der Waals surface area contributed by atoms with Crippen LogP contribution < -0.4 is 11.1 Å². The van der Waals surface area contributed by atoms with Crippen molar-refractivity contribution in [1.29, 1.82) is 0 Å². The predicted molar refractivity (Wildman–Crippen MR) is 62.8 cm³/mol. The highest BCUT2D eigenvalue weighted by Gasteiger charge is 2.29. The van der Waals surface area contributed by atoms with E-state index < -0.39 is 0 Å². The van der Waals surface area contributed by atoms with Crippen molar-refractivity contribution in [3.05, 3.63) is 23.8 Å². The summed E-state index contributed by atoms with van der Waals surface area (Å²) >= 11 is 0. The molecule has 1 fully saturated rings. The number of aliphatic hydroxyl groups is 1. The number of nitrogens with two attached hydrogens (primary N) is 1. The van der Waals surface area contributed by atoms with Gasteiger partial charge in [-0.25, -0.2) is 0 Å². The normalized spacial score (nSPS) is 17.5. The summed E-state index contributed by atoms with van der Waals surface area (Å²) in [5.41, 5.74) is 8.66. The van der Waals surface area contributed by atoms with Gasteiger partial charge in [-0.05, 0) is 43.4 Å². The van der Waals surface area contributed by atoms with E-state index in [1.807, 2.05) is 25.1 Å². The first-order valence-electron chi connectivity index (χ1n) is 5.45. The second-order valence-corrected chi connectivity index (χ2v) is 4.36. The quantitative estimate of drug-likeness (QED) is 0.658. The highest BCUT2D eigenvalue weighted by Crippen LogP contribution is 2.32. The molecule has 3 heteroatoms. The molecule has 4 N–H and O–H groups in total. The summed E-state index contributed by atoms with van der Waals surface area (Å²) in [5.74, 6) is 0.514. The Bertz CT molecular complexity index is 347. The van der Waals surface area contributed by atoms with E-state index in [0.29, 0.717) is 12.5 Å². The van der Waals surface area contributed by atoms with Gasteiger partial charge in [0.15, 0.2) is 0 Å². The number of aliphatic hydroxyl groups excluding tert-OH is 1. The second kappa shape index (κ2) is 4.11. The van der Waals surface area contributed by atoms with Crippen LogP contribution in [0.1, 0.15) is 18.4 Å². The second-order valence-electron chi connectivity index (χ2n) is 4.36. The number of nitrogen functional groups attached to an aromatic ring is 1. The van der Waals surface area contributed by atoms with Crippen molar-refractivity contribution in [1.82, 2.24) is 0 Å².